The highest BCUT2D eigenvalue weighted by Crippen LogP contribution is 2.44. The van der Waals surface area contributed by atoms with Crippen molar-refractivity contribution in [3.63, 3.8) is 0 Å². The predicted molar refractivity (Wildman–Crippen MR) is 193 cm³/mol. The zero-order chi connectivity index (χ0) is 34.9. The van der Waals surface area contributed by atoms with Gasteiger partial charge in [0.05, 0.1) is 30.3 Å². The number of hydrogen-bond acceptors (Lipinski definition) is 9. The first kappa shape index (κ1) is 48.6. The van der Waals surface area contributed by atoms with Crippen molar-refractivity contribution in [3.05, 3.63) is 0 Å². The molecule has 0 spiro atoms. The number of rotatable bonds is 33. The molecule has 8 N–H and O–H groups in total. The van der Waals surface area contributed by atoms with E-state index >= 15 is 0 Å². The lowest BCUT2D eigenvalue weighted by molar-refractivity contribution is -0.193. The van der Waals surface area contributed by atoms with Crippen molar-refractivity contribution in [2.24, 2.45) is 5.41 Å². The van der Waals surface area contributed by atoms with Crippen LogP contribution in [0.5, 0.6) is 0 Å². The van der Waals surface area contributed by atoms with E-state index in [4.69, 9.17) is 19.6 Å². The number of unbranched alkanes of at least 4 members (excludes halogenated alkanes) is 21. The Hall–Kier alpha value is 0.500. The first-order chi connectivity index (χ1) is 22.1. The van der Waals surface area contributed by atoms with E-state index in [0.29, 0.717) is 19.3 Å². The highest BCUT2D eigenvalue weighted by Gasteiger charge is 2.53. The molecule has 0 radical (unpaired) electrons. The number of aliphatic hydroxyl groups excluding tert-OH is 3. The Morgan fingerprint density at radius 3 is 1.02 bits per heavy atom. The van der Waals surface area contributed by atoms with E-state index in [1.54, 1.807) is 0 Å². The molecule has 0 saturated carbocycles. The first-order valence-corrected chi connectivity index (χ1v) is 21.1. The van der Waals surface area contributed by atoms with E-state index in [2.05, 4.69) is 25.1 Å². The molecule has 0 aromatic heterocycles. The maximum Gasteiger partial charge on any atom is 0.334 e. The van der Waals surface area contributed by atoms with E-state index in [1.165, 1.54) is 116 Å². The van der Waals surface area contributed by atoms with Crippen LogP contribution in [0.15, 0.2) is 0 Å². The van der Waals surface area contributed by atoms with Crippen LogP contribution in [0.2, 0.25) is 0 Å². The highest BCUT2D eigenvalue weighted by atomic mass is 31.2. The quantitative estimate of drug-likeness (QED) is 0.0245. The summed E-state index contributed by atoms with van der Waals surface area (Å²) in [5.41, 5.74) is -2.49. The topological polar surface area (TPSA) is 171 Å². The van der Waals surface area contributed by atoms with Gasteiger partial charge in [0.1, 0.15) is 0 Å². The van der Waals surface area contributed by atoms with Gasteiger partial charge in [0.15, 0.2) is 0 Å². The van der Waals surface area contributed by atoms with E-state index in [0.717, 1.165) is 38.5 Å². The molecule has 0 aromatic carbocycles. The normalized spacial score (nSPS) is 13.0. The summed E-state index contributed by atoms with van der Waals surface area (Å²) in [5, 5.41) is 44.6. The van der Waals surface area contributed by atoms with Crippen LogP contribution in [0.4, 0.5) is 0 Å². The smallest absolute Gasteiger partial charge is 0.334 e. The molecule has 1 atom stereocenters. The second-order valence-corrected chi connectivity index (χ2v) is 15.0. The fourth-order valence-electron chi connectivity index (χ4n) is 6.40. The molecule has 0 rings (SSSR count). The lowest BCUT2D eigenvalue weighted by atomic mass is 9.63. The largest absolute Gasteiger partial charge is 0.395 e. The Morgan fingerprint density at radius 1 is 0.478 bits per heavy atom. The third kappa shape index (κ3) is 25.5. The molecular formula is C35H76O9P2. The summed E-state index contributed by atoms with van der Waals surface area (Å²) in [5.74, 6) is 0. The molecule has 0 aliphatic heterocycles. The molecule has 1 unspecified atom stereocenters. The third-order valence-electron chi connectivity index (χ3n) is 9.49. The van der Waals surface area contributed by atoms with E-state index in [-0.39, 0.29) is 13.2 Å². The lowest BCUT2D eigenvalue weighted by Gasteiger charge is -2.48. The molecule has 0 aliphatic rings. The summed E-state index contributed by atoms with van der Waals surface area (Å²) >= 11 is 0. The molecule has 0 fully saturated rings. The SMILES string of the molecule is CCCCCCCCCCC(O)C(CO)(CO)C(O)(CCCCCCCCCC)CCCCCCCCCC.OP(O)OP(O)O. The van der Waals surface area contributed by atoms with Gasteiger partial charge in [-0.15, -0.1) is 0 Å². The molecule has 9 nitrogen and oxygen atoms in total. The summed E-state index contributed by atoms with van der Waals surface area (Å²) in [6.07, 6.45) is 29.3. The Kier molecular flexibility index (Phi) is 35.9. The molecule has 0 aliphatic carbocycles. The fraction of sp³-hybridized carbons (Fsp3) is 1.00. The van der Waals surface area contributed by atoms with Crippen LogP contribution in [0.3, 0.4) is 0 Å². The minimum absolute atomic E-state index is 0.369. The number of aliphatic hydroxyl groups is 4. The summed E-state index contributed by atoms with van der Waals surface area (Å²) in [6.45, 7) is 5.98. The van der Waals surface area contributed by atoms with Gasteiger partial charge in [0.25, 0.3) is 0 Å². The standard InChI is InChI=1S/C35H72O4.H4O5P2/c1-4-7-10-13-16-19-22-25-28-33(38)34(31-36,32-37)35(39,29-26-23-20-17-14-11-8-5-2)30-27-24-21-18-15-12-9-6-3;1-6(2)5-7(3)4/h33,36-39H,4-32H2,1-3H3;1-4H. The molecule has 11 heteroatoms. The lowest BCUT2D eigenvalue weighted by Crippen LogP contribution is -2.59. The van der Waals surface area contributed by atoms with Crippen molar-refractivity contribution in [2.45, 2.75) is 206 Å². The zero-order valence-electron chi connectivity index (χ0n) is 30.0. The second-order valence-electron chi connectivity index (χ2n) is 13.3. The van der Waals surface area contributed by atoms with Gasteiger partial charge in [-0.05, 0) is 19.3 Å². The van der Waals surface area contributed by atoms with Gasteiger partial charge in [0, 0.05) is 0 Å². The zero-order valence-corrected chi connectivity index (χ0v) is 31.8. The molecule has 0 heterocycles. The van der Waals surface area contributed by atoms with E-state index < -0.39 is 34.3 Å². The molecule has 0 aromatic rings. The van der Waals surface area contributed by atoms with Crippen LogP contribution < -0.4 is 0 Å². The Balaban J connectivity index is 0. The summed E-state index contributed by atoms with van der Waals surface area (Å²) in [6, 6.07) is 0. The molecule has 280 valence electrons. The van der Waals surface area contributed by atoms with Gasteiger partial charge in [-0.3, -0.25) is 0 Å². The van der Waals surface area contributed by atoms with Gasteiger partial charge in [0.2, 0.25) is 0 Å². The fourth-order valence-corrected chi connectivity index (χ4v) is 6.93. The van der Waals surface area contributed by atoms with E-state index in [9.17, 15) is 20.4 Å². The summed E-state index contributed by atoms with van der Waals surface area (Å²) < 4.78 is 3.60. The van der Waals surface area contributed by atoms with Crippen molar-refractivity contribution in [1.29, 1.82) is 0 Å². The van der Waals surface area contributed by atoms with Crippen molar-refractivity contribution in [1.82, 2.24) is 0 Å². The molecule has 0 bridgehead atoms. The average molecular weight is 703 g/mol. The maximum absolute atomic E-state index is 12.1. The van der Waals surface area contributed by atoms with Crippen molar-refractivity contribution < 1.29 is 44.3 Å². The Morgan fingerprint density at radius 2 is 0.761 bits per heavy atom. The van der Waals surface area contributed by atoms with Gasteiger partial charge in [-0.25, -0.2) is 4.31 Å². The molecule has 0 saturated heterocycles. The van der Waals surface area contributed by atoms with Crippen LogP contribution in [0.25, 0.3) is 0 Å². The third-order valence-corrected chi connectivity index (χ3v) is 10.7. The van der Waals surface area contributed by atoms with Crippen LogP contribution >= 0.6 is 17.2 Å². The molecular weight excluding hydrogens is 626 g/mol. The Labute approximate surface area is 285 Å². The highest BCUT2D eigenvalue weighted by molar-refractivity contribution is 7.53. The summed E-state index contributed by atoms with van der Waals surface area (Å²) in [7, 11) is -5.22. The maximum atomic E-state index is 12.1. The van der Waals surface area contributed by atoms with Crippen LogP contribution in [0, 0.1) is 5.41 Å². The van der Waals surface area contributed by atoms with Gasteiger partial charge < -0.3 is 40.0 Å². The minimum Gasteiger partial charge on any atom is -0.395 e. The minimum atomic E-state index is -2.61. The first-order valence-electron chi connectivity index (χ1n) is 18.8. The molecule has 46 heavy (non-hydrogen) atoms. The predicted octanol–water partition coefficient (Wildman–Crippen LogP) is 9.07. The van der Waals surface area contributed by atoms with Crippen molar-refractivity contribution in [2.75, 3.05) is 13.2 Å². The van der Waals surface area contributed by atoms with Gasteiger partial charge >= 0.3 is 17.2 Å². The summed E-state index contributed by atoms with van der Waals surface area (Å²) in [4.78, 5) is 31.3. The van der Waals surface area contributed by atoms with Gasteiger partial charge in [-0.1, -0.05) is 175 Å². The Bertz CT molecular complexity index is 585. The average Bonchev–Trinajstić information content (AvgIpc) is 3.01. The van der Waals surface area contributed by atoms with Crippen molar-refractivity contribution >= 4 is 17.2 Å². The van der Waals surface area contributed by atoms with Crippen LogP contribution in [-0.4, -0.2) is 64.9 Å². The van der Waals surface area contributed by atoms with E-state index in [1.807, 2.05) is 0 Å². The van der Waals surface area contributed by atoms with Crippen LogP contribution in [0.1, 0.15) is 194 Å². The molecule has 0 amide bonds. The monoisotopic (exact) mass is 702 g/mol. The number of hydrogen-bond donors (Lipinski definition) is 8. The van der Waals surface area contributed by atoms with Crippen molar-refractivity contribution in [3.8, 4) is 0 Å². The second kappa shape index (κ2) is 34.0. The van der Waals surface area contributed by atoms with Crippen LogP contribution in [-0.2, 0) is 4.31 Å². The van der Waals surface area contributed by atoms with Gasteiger partial charge in [-0.2, -0.15) is 0 Å².